The molecule has 0 aliphatic carbocycles. The van der Waals surface area contributed by atoms with Gasteiger partial charge >= 0.3 is 0 Å². The standard InChI is InChI=1S/C13H13NO3S/c15-18(16)13(8-9-17-18)14-12-7-3-5-10-4-1-2-6-11(10)12/h1-7,13-14H,8-9H2. The van der Waals surface area contributed by atoms with Gasteiger partial charge in [0.2, 0.25) is 0 Å². The molecule has 5 heteroatoms. The Labute approximate surface area is 106 Å². The monoisotopic (exact) mass is 263 g/mol. The summed E-state index contributed by atoms with van der Waals surface area (Å²) in [6.07, 6.45) is 0.478. The molecule has 4 nitrogen and oxygen atoms in total. The molecule has 0 amide bonds. The number of nitrogens with one attached hydrogen (secondary N) is 1. The van der Waals surface area contributed by atoms with E-state index in [-0.39, 0.29) is 6.61 Å². The highest BCUT2D eigenvalue weighted by molar-refractivity contribution is 7.87. The van der Waals surface area contributed by atoms with Gasteiger partial charge in [-0.15, -0.1) is 0 Å². The van der Waals surface area contributed by atoms with Gasteiger partial charge in [-0.2, -0.15) is 8.42 Å². The van der Waals surface area contributed by atoms with E-state index in [4.69, 9.17) is 4.18 Å². The summed E-state index contributed by atoms with van der Waals surface area (Å²) in [4.78, 5) is 0. The van der Waals surface area contributed by atoms with Crippen molar-refractivity contribution in [3.8, 4) is 0 Å². The summed E-state index contributed by atoms with van der Waals surface area (Å²) in [6, 6.07) is 13.7. The summed E-state index contributed by atoms with van der Waals surface area (Å²) >= 11 is 0. The molecule has 2 aromatic carbocycles. The Bertz CT molecular complexity index is 676. The Balaban J connectivity index is 2.01. The van der Waals surface area contributed by atoms with Gasteiger partial charge in [0.05, 0.1) is 6.61 Å². The van der Waals surface area contributed by atoms with Gasteiger partial charge in [0.1, 0.15) is 0 Å². The maximum atomic E-state index is 11.6. The third-order valence-electron chi connectivity index (χ3n) is 3.08. The van der Waals surface area contributed by atoms with E-state index in [1.165, 1.54) is 0 Å². The van der Waals surface area contributed by atoms with Crippen LogP contribution < -0.4 is 5.32 Å². The minimum atomic E-state index is -3.47. The predicted molar refractivity (Wildman–Crippen MR) is 70.8 cm³/mol. The molecule has 1 saturated heterocycles. The molecule has 1 aliphatic rings. The first-order valence-corrected chi connectivity index (χ1v) is 7.26. The van der Waals surface area contributed by atoms with Gasteiger partial charge in [0.15, 0.2) is 5.37 Å². The van der Waals surface area contributed by atoms with Crippen LogP contribution in [0.1, 0.15) is 6.42 Å². The molecule has 0 aromatic heterocycles. The number of fused-ring (bicyclic) bond motifs is 1. The minimum Gasteiger partial charge on any atom is -0.367 e. The second kappa shape index (κ2) is 4.26. The summed E-state index contributed by atoms with van der Waals surface area (Å²) in [7, 11) is -3.47. The van der Waals surface area contributed by atoms with Crippen LogP contribution in [-0.4, -0.2) is 20.4 Å². The first-order valence-electron chi connectivity index (χ1n) is 5.79. The first kappa shape index (κ1) is 11.5. The first-order chi connectivity index (χ1) is 8.67. The normalized spacial score (nSPS) is 22.1. The number of hydrogen-bond donors (Lipinski definition) is 1. The minimum absolute atomic E-state index is 0.255. The molecular weight excluding hydrogens is 250 g/mol. The van der Waals surface area contributed by atoms with Crippen molar-refractivity contribution in [1.82, 2.24) is 0 Å². The van der Waals surface area contributed by atoms with Crippen LogP contribution >= 0.6 is 0 Å². The number of anilines is 1. The third kappa shape index (κ3) is 1.95. The lowest BCUT2D eigenvalue weighted by atomic mass is 10.1. The van der Waals surface area contributed by atoms with Crippen LogP contribution in [0.4, 0.5) is 5.69 Å². The number of rotatable bonds is 2. The highest BCUT2D eigenvalue weighted by atomic mass is 32.2. The second-order valence-electron chi connectivity index (χ2n) is 4.26. The van der Waals surface area contributed by atoms with Crippen molar-refractivity contribution in [3.05, 3.63) is 42.5 Å². The molecular formula is C13H13NO3S. The molecule has 1 aliphatic heterocycles. The van der Waals surface area contributed by atoms with Crippen LogP contribution in [0.3, 0.4) is 0 Å². The molecule has 0 bridgehead atoms. The number of hydrogen-bond acceptors (Lipinski definition) is 4. The molecule has 94 valence electrons. The predicted octanol–water partition coefficient (Wildman–Crippen LogP) is 2.33. The zero-order chi connectivity index (χ0) is 12.6. The van der Waals surface area contributed by atoms with Gasteiger partial charge in [-0.25, -0.2) is 0 Å². The molecule has 18 heavy (non-hydrogen) atoms. The maximum Gasteiger partial charge on any atom is 0.288 e. The Morgan fingerprint density at radius 1 is 1.11 bits per heavy atom. The maximum absolute atomic E-state index is 11.6. The van der Waals surface area contributed by atoms with Crippen molar-refractivity contribution >= 4 is 26.6 Å². The van der Waals surface area contributed by atoms with Crippen molar-refractivity contribution in [2.45, 2.75) is 11.8 Å². The molecule has 1 heterocycles. The van der Waals surface area contributed by atoms with Crippen molar-refractivity contribution in [1.29, 1.82) is 0 Å². The molecule has 1 atom stereocenters. The quantitative estimate of drug-likeness (QED) is 0.845. The molecule has 1 unspecified atom stereocenters. The summed E-state index contributed by atoms with van der Waals surface area (Å²) in [6.45, 7) is 0.255. The SMILES string of the molecule is O=S1(=O)OCCC1Nc1cccc2ccccc12. The average Bonchev–Trinajstić information content (AvgIpc) is 2.69. The Morgan fingerprint density at radius 2 is 1.89 bits per heavy atom. The van der Waals surface area contributed by atoms with E-state index in [0.29, 0.717) is 6.42 Å². The molecule has 2 aromatic rings. The molecule has 0 radical (unpaired) electrons. The summed E-state index contributed by atoms with van der Waals surface area (Å²) in [5.74, 6) is 0. The Kier molecular flexibility index (Phi) is 2.72. The van der Waals surface area contributed by atoms with E-state index in [9.17, 15) is 8.42 Å². The van der Waals surface area contributed by atoms with E-state index in [1.54, 1.807) is 0 Å². The van der Waals surface area contributed by atoms with Gasteiger partial charge < -0.3 is 5.32 Å². The van der Waals surface area contributed by atoms with Gasteiger partial charge in [-0.1, -0.05) is 36.4 Å². The van der Waals surface area contributed by atoms with Gasteiger partial charge in [0.25, 0.3) is 10.1 Å². The highest BCUT2D eigenvalue weighted by Crippen LogP contribution is 2.27. The zero-order valence-electron chi connectivity index (χ0n) is 9.67. The molecule has 1 fully saturated rings. The molecule has 1 N–H and O–H groups in total. The van der Waals surface area contributed by atoms with Crippen LogP contribution in [0.25, 0.3) is 10.8 Å². The number of benzene rings is 2. The van der Waals surface area contributed by atoms with Gasteiger partial charge in [-0.3, -0.25) is 4.18 Å². The Morgan fingerprint density at radius 3 is 2.67 bits per heavy atom. The highest BCUT2D eigenvalue weighted by Gasteiger charge is 2.32. The molecule has 0 saturated carbocycles. The molecule has 3 rings (SSSR count). The lowest BCUT2D eigenvalue weighted by Gasteiger charge is -2.13. The van der Waals surface area contributed by atoms with Crippen molar-refractivity contribution < 1.29 is 12.6 Å². The zero-order valence-corrected chi connectivity index (χ0v) is 10.5. The van der Waals surface area contributed by atoms with Crippen LogP contribution in [0.5, 0.6) is 0 Å². The fraction of sp³-hybridized carbons (Fsp3) is 0.231. The Hall–Kier alpha value is -1.59. The summed E-state index contributed by atoms with van der Waals surface area (Å²) in [5.41, 5.74) is 0.826. The van der Waals surface area contributed by atoms with Gasteiger partial charge in [-0.05, 0) is 11.5 Å². The largest absolute Gasteiger partial charge is 0.367 e. The fourth-order valence-corrected chi connectivity index (χ4v) is 3.32. The summed E-state index contributed by atoms with van der Waals surface area (Å²) in [5, 5.41) is 4.51. The third-order valence-corrected chi connectivity index (χ3v) is 4.63. The van der Waals surface area contributed by atoms with E-state index < -0.39 is 15.5 Å². The van der Waals surface area contributed by atoms with Crippen LogP contribution in [-0.2, 0) is 14.3 Å². The molecule has 0 spiro atoms. The fourth-order valence-electron chi connectivity index (χ4n) is 2.17. The second-order valence-corrected chi connectivity index (χ2v) is 6.05. The van der Waals surface area contributed by atoms with E-state index in [1.807, 2.05) is 42.5 Å². The van der Waals surface area contributed by atoms with E-state index in [2.05, 4.69) is 5.32 Å². The van der Waals surface area contributed by atoms with Crippen LogP contribution in [0.2, 0.25) is 0 Å². The lowest BCUT2D eigenvalue weighted by Crippen LogP contribution is -2.24. The van der Waals surface area contributed by atoms with E-state index in [0.717, 1.165) is 16.5 Å². The van der Waals surface area contributed by atoms with Crippen molar-refractivity contribution in [2.24, 2.45) is 0 Å². The van der Waals surface area contributed by atoms with E-state index >= 15 is 0 Å². The summed E-state index contributed by atoms with van der Waals surface area (Å²) < 4.78 is 28.0. The van der Waals surface area contributed by atoms with Crippen LogP contribution in [0, 0.1) is 0 Å². The average molecular weight is 263 g/mol. The van der Waals surface area contributed by atoms with Gasteiger partial charge in [0, 0.05) is 17.5 Å². The lowest BCUT2D eigenvalue weighted by molar-refractivity contribution is 0.354. The van der Waals surface area contributed by atoms with Crippen molar-refractivity contribution in [2.75, 3.05) is 11.9 Å². The van der Waals surface area contributed by atoms with Crippen molar-refractivity contribution in [3.63, 3.8) is 0 Å². The topological polar surface area (TPSA) is 55.4 Å². The smallest absolute Gasteiger partial charge is 0.288 e. The van der Waals surface area contributed by atoms with Crippen LogP contribution in [0.15, 0.2) is 42.5 Å².